The van der Waals surface area contributed by atoms with Crippen molar-refractivity contribution in [1.29, 1.82) is 0 Å². The summed E-state index contributed by atoms with van der Waals surface area (Å²) in [6.45, 7) is 3.18. The fourth-order valence-corrected chi connectivity index (χ4v) is 3.96. The quantitative estimate of drug-likeness (QED) is 0.512. The van der Waals surface area contributed by atoms with Crippen molar-refractivity contribution in [3.05, 3.63) is 29.8 Å². The SMILES string of the molecule is CCNC(=NCC(O)c1cccc(OC)c1)NC1CCCC(SC)C1. The standard InChI is InChI=1S/C19H31N3O2S/c1-4-20-19(22-15-8-6-10-17(12-15)25-3)21-13-18(23)14-7-5-9-16(11-14)24-2/h5,7,9,11,15,17-18,23H,4,6,8,10,12-13H2,1-3H3,(H2,20,21,22). The number of benzene rings is 1. The van der Waals surface area contributed by atoms with Crippen LogP contribution in [0.25, 0.3) is 0 Å². The highest BCUT2D eigenvalue weighted by atomic mass is 32.2. The number of hydrogen-bond donors (Lipinski definition) is 3. The minimum absolute atomic E-state index is 0.321. The molecule has 1 fully saturated rings. The third-order valence-electron chi connectivity index (χ3n) is 4.55. The maximum Gasteiger partial charge on any atom is 0.191 e. The molecule has 1 saturated carbocycles. The molecular weight excluding hydrogens is 334 g/mol. The van der Waals surface area contributed by atoms with Crippen LogP contribution in [0.5, 0.6) is 5.75 Å². The number of thioether (sulfide) groups is 1. The smallest absolute Gasteiger partial charge is 0.191 e. The molecule has 5 nitrogen and oxygen atoms in total. The first-order valence-electron chi connectivity index (χ1n) is 9.05. The molecule has 3 unspecified atom stereocenters. The number of aliphatic hydroxyl groups excluding tert-OH is 1. The fraction of sp³-hybridized carbons (Fsp3) is 0.632. The maximum atomic E-state index is 10.4. The van der Waals surface area contributed by atoms with Crippen LogP contribution in [0.3, 0.4) is 0 Å². The van der Waals surface area contributed by atoms with Crippen LogP contribution in [0.1, 0.15) is 44.3 Å². The van der Waals surface area contributed by atoms with Crippen molar-refractivity contribution in [2.75, 3.05) is 26.5 Å². The van der Waals surface area contributed by atoms with Crippen LogP contribution in [0.2, 0.25) is 0 Å². The highest BCUT2D eigenvalue weighted by molar-refractivity contribution is 7.99. The molecule has 140 valence electrons. The van der Waals surface area contributed by atoms with Crippen molar-refractivity contribution >= 4 is 17.7 Å². The molecule has 1 aliphatic rings. The lowest BCUT2D eigenvalue weighted by molar-refractivity contribution is 0.186. The third kappa shape index (κ3) is 6.44. The Bertz CT molecular complexity index is 553. The van der Waals surface area contributed by atoms with Crippen LogP contribution in [0.15, 0.2) is 29.3 Å². The molecule has 0 saturated heterocycles. The van der Waals surface area contributed by atoms with Crippen molar-refractivity contribution in [3.63, 3.8) is 0 Å². The van der Waals surface area contributed by atoms with Gasteiger partial charge in [-0.3, -0.25) is 4.99 Å². The zero-order valence-corrected chi connectivity index (χ0v) is 16.3. The topological polar surface area (TPSA) is 65.9 Å². The molecule has 0 aromatic heterocycles. The van der Waals surface area contributed by atoms with Gasteiger partial charge in [0.1, 0.15) is 5.75 Å². The molecule has 1 aromatic carbocycles. The van der Waals surface area contributed by atoms with Gasteiger partial charge in [0.15, 0.2) is 5.96 Å². The van der Waals surface area contributed by atoms with Gasteiger partial charge in [0, 0.05) is 17.8 Å². The Balaban J connectivity index is 1.95. The van der Waals surface area contributed by atoms with Crippen molar-refractivity contribution < 1.29 is 9.84 Å². The number of rotatable bonds is 7. The second kappa shape index (κ2) is 10.6. The van der Waals surface area contributed by atoms with E-state index in [-0.39, 0.29) is 0 Å². The van der Waals surface area contributed by atoms with Crippen LogP contribution in [-0.4, -0.2) is 48.8 Å². The van der Waals surface area contributed by atoms with Gasteiger partial charge in [-0.15, -0.1) is 0 Å². The summed E-state index contributed by atoms with van der Waals surface area (Å²) >= 11 is 1.96. The second-order valence-corrected chi connectivity index (χ2v) is 7.52. The van der Waals surface area contributed by atoms with Gasteiger partial charge in [-0.05, 0) is 50.1 Å². The van der Waals surface area contributed by atoms with E-state index in [0.29, 0.717) is 12.6 Å². The number of guanidine groups is 1. The predicted octanol–water partition coefficient (Wildman–Crippen LogP) is 2.96. The predicted molar refractivity (Wildman–Crippen MR) is 107 cm³/mol. The average molecular weight is 366 g/mol. The molecule has 3 N–H and O–H groups in total. The van der Waals surface area contributed by atoms with Crippen LogP contribution >= 0.6 is 11.8 Å². The molecule has 6 heteroatoms. The number of hydrogen-bond acceptors (Lipinski definition) is 4. The first-order valence-corrected chi connectivity index (χ1v) is 10.3. The summed E-state index contributed by atoms with van der Waals surface area (Å²) in [5.41, 5.74) is 0.819. The van der Waals surface area contributed by atoms with Gasteiger partial charge in [0.05, 0.1) is 19.8 Å². The highest BCUT2D eigenvalue weighted by Crippen LogP contribution is 2.26. The summed E-state index contributed by atoms with van der Waals surface area (Å²) in [5.74, 6) is 1.53. The Labute approximate surface area is 155 Å². The molecule has 0 bridgehead atoms. The molecule has 0 aliphatic heterocycles. The molecule has 0 heterocycles. The second-order valence-electron chi connectivity index (χ2n) is 6.38. The summed E-state index contributed by atoms with van der Waals surface area (Å²) in [4.78, 5) is 4.59. The monoisotopic (exact) mass is 365 g/mol. The van der Waals surface area contributed by atoms with Crippen LogP contribution in [-0.2, 0) is 0 Å². The summed E-state index contributed by atoms with van der Waals surface area (Å²) in [5, 5.41) is 18.0. The van der Waals surface area contributed by atoms with E-state index in [4.69, 9.17) is 4.74 Å². The Morgan fingerprint density at radius 2 is 2.28 bits per heavy atom. The molecule has 3 atom stereocenters. The number of ether oxygens (including phenoxy) is 1. The summed E-state index contributed by atoms with van der Waals surface area (Å²) < 4.78 is 5.22. The van der Waals surface area contributed by atoms with Gasteiger partial charge < -0.3 is 20.5 Å². The first kappa shape index (κ1) is 19.9. The molecule has 0 radical (unpaired) electrons. The van der Waals surface area contributed by atoms with Gasteiger partial charge in [-0.2, -0.15) is 11.8 Å². The average Bonchev–Trinajstić information content (AvgIpc) is 2.66. The first-order chi connectivity index (χ1) is 12.2. The van der Waals surface area contributed by atoms with Gasteiger partial charge in [-0.1, -0.05) is 18.6 Å². The Kier molecular flexibility index (Phi) is 8.41. The fourth-order valence-electron chi connectivity index (χ4n) is 3.14. The van der Waals surface area contributed by atoms with E-state index in [1.807, 2.05) is 36.0 Å². The lowest BCUT2D eigenvalue weighted by Crippen LogP contribution is -2.45. The van der Waals surface area contributed by atoms with Gasteiger partial charge in [0.25, 0.3) is 0 Å². The van der Waals surface area contributed by atoms with E-state index >= 15 is 0 Å². The van der Waals surface area contributed by atoms with Crippen LogP contribution in [0.4, 0.5) is 0 Å². The van der Waals surface area contributed by atoms with E-state index in [2.05, 4.69) is 28.8 Å². The van der Waals surface area contributed by atoms with Crippen LogP contribution < -0.4 is 15.4 Å². The Morgan fingerprint density at radius 3 is 3.00 bits per heavy atom. The van der Waals surface area contributed by atoms with E-state index < -0.39 is 6.10 Å². The largest absolute Gasteiger partial charge is 0.497 e. The van der Waals surface area contributed by atoms with Gasteiger partial charge >= 0.3 is 0 Å². The Hall–Kier alpha value is -1.40. The molecule has 1 aromatic rings. The van der Waals surface area contributed by atoms with E-state index in [1.165, 1.54) is 25.7 Å². The zero-order chi connectivity index (χ0) is 18.1. The molecule has 0 spiro atoms. The number of aliphatic imine (C=N–C) groups is 1. The summed E-state index contributed by atoms with van der Waals surface area (Å²) in [7, 11) is 1.63. The molecule has 0 amide bonds. The normalized spacial score (nSPS) is 22.3. The summed E-state index contributed by atoms with van der Waals surface area (Å²) in [6.07, 6.45) is 6.47. The number of aliphatic hydroxyl groups is 1. The number of methoxy groups -OCH3 is 1. The molecule has 25 heavy (non-hydrogen) atoms. The van der Waals surface area contributed by atoms with Crippen molar-refractivity contribution in [2.45, 2.75) is 50.0 Å². The molecule has 2 rings (SSSR count). The zero-order valence-electron chi connectivity index (χ0n) is 15.5. The van der Waals surface area contributed by atoms with E-state index in [1.54, 1.807) is 7.11 Å². The van der Waals surface area contributed by atoms with Crippen molar-refractivity contribution in [2.24, 2.45) is 4.99 Å². The lowest BCUT2D eigenvalue weighted by atomic mass is 9.95. The van der Waals surface area contributed by atoms with Crippen molar-refractivity contribution in [3.8, 4) is 5.75 Å². The minimum Gasteiger partial charge on any atom is -0.497 e. The van der Waals surface area contributed by atoms with Crippen LogP contribution in [0, 0.1) is 0 Å². The lowest BCUT2D eigenvalue weighted by Gasteiger charge is -2.30. The summed E-state index contributed by atoms with van der Waals surface area (Å²) in [6, 6.07) is 7.96. The highest BCUT2D eigenvalue weighted by Gasteiger charge is 2.22. The van der Waals surface area contributed by atoms with Gasteiger partial charge in [-0.25, -0.2) is 0 Å². The Morgan fingerprint density at radius 1 is 1.44 bits per heavy atom. The molecule has 1 aliphatic carbocycles. The number of nitrogens with zero attached hydrogens (tertiary/aromatic N) is 1. The van der Waals surface area contributed by atoms with Gasteiger partial charge in [0.2, 0.25) is 0 Å². The van der Waals surface area contributed by atoms with E-state index in [0.717, 1.165) is 29.1 Å². The molecular formula is C19H31N3O2S. The van der Waals surface area contributed by atoms with Crippen molar-refractivity contribution in [1.82, 2.24) is 10.6 Å². The maximum absolute atomic E-state index is 10.4. The minimum atomic E-state index is -0.643. The van der Waals surface area contributed by atoms with E-state index in [9.17, 15) is 5.11 Å². The number of nitrogens with one attached hydrogen (secondary N) is 2. The third-order valence-corrected chi connectivity index (χ3v) is 5.64.